The van der Waals surface area contributed by atoms with Gasteiger partial charge in [-0.25, -0.2) is 0 Å². The lowest BCUT2D eigenvalue weighted by atomic mass is 10.1. The van der Waals surface area contributed by atoms with E-state index in [0.29, 0.717) is 38.4 Å². The van der Waals surface area contributed by atoms with Crippen molar-refractivity contribution in [3.63, 3.8) is 0 Å². The van der Waals surface area contributed by atoms with Crippen LogP contribution >= 0.6 is 11.6 Å². The van der Waals surface area contributed by atoms with Crippen molar-refractivity contribution in [2.75, 3.05) is 25.5 Å². The van der Waals surface area contributed by atoms with Gasteiger partial charge in [-0.1, -0.05) is 30.3 Å². The number of amides is 3. The number of rotatable bonds is 9. The maximum absolute atomic E-state index is 12.3. The highest BCUT2D eigenvalue weighted by Crippen LogP contribution is 2.28. The molecule has 7 heteroatoms. The van der Waals surface area contributed by atoms with E-state index in [9.17, 15) is 14.4 Å². The molecular formula is C19H26ClN3O3. The lowest BCUT2D eigenvalue weighted by Crippen LogP contribution is -2.38. The molecule has 2 atom stereocenters. The Morgan fingerprint density at radius 2 is 1.92 bits per heavy atom. The van der Waals surface area contributed by atoms with Gasteiger partial charge in [0.25, 0.3) is 0 Å². The summed E-state index contributed by atoms with van der Waals surface area (Å²) in [5.74, 6) is -0.107. The van der Waals surface area contributed by atoms with Gasteiger partial charge in [0, 0.05) is 38.4 Å². The predicted octanol–water partition coefficient (Wildman–Crippen LogP) is 1.85. The van der Waals surface area contributed by atoms with Crippen LogP contribution in [0.1, 0.15) is 37.8 Å². The molecule has 2 unspecified atom stereocenters. The van der Waals surface area contributed by atoms with Gasteiger partial charge in [0.15, 0.2) is 0 Å². The summed E-state index contributed by atoms with van der Waals surface area (Å²) in [6, 6.07) is 9.74. The lowest BCUT2D eigenvalue weighted by molar-refractivity contribution is -0.130. The fraction of sp³-hybridized carbons (Fsp3) is 0.526. The van der Waals surface area contributed by atoms with E-state index in [1.54, 1.807) is 4.90 Å². The number of carbonyl (C=O) groups is 3. The molecule has 1 aliphatic rings. The number of carbonyl (C=O) groups excluding carboxylic acids is 3. The largest absolute Gasteiger partial charge is 0.354 e. The number of alkyl halides is 1. The summed E-state index contributed by atoms with van der Waals surface area (Å²) in [6.45, 7) is 3.12. The third kappa shape index (κ3) is 5.73. The molecule has 2 rings (SSSR count). The average Bonchev–Trinajstić information content (AvgIpc) is 3.05. The van der Waals surface area contributed by atoms with Crippen molar-refractivity contribution in [2.24, 2.45) is 5.92 Å². The summed E-state index contributed by atoms with van der Waals surface area (Å²) in [5, 5.41) is 5.53. The molecule has 1 aromatic carbocycles. The van der Waals surface area contributed by atoms with Crippen LogP contribution in [0.25, 0.3) is 0 Å². The Hall–Kier alpha value is -2.08. The van der Waals surface area contributed by atoms with Crippen molar-refractivity contribution in [3.05, 3.63) is 35.9 Å². The van der Waals surface area contributed by atoms with E-state index in [0.717, 1.165) is 5.56 Å². The second-order valence-corrected chi connectivity index (χ2v) is 6.85. The zero-order valence-corrected chi connectivity index (χ0v) is 15.8. The maximum Gasteiger partial charge on any atom is 0.225 e. The Kier molecular flexibility index (Phi) is 7.91. The number of nitrogens with zero attached hydrogens (tertiary/aromatic N) is 1. The van der Waals surface area contributed by atoms with Crippen LogP contribution in [0.3, 0.4) is 0 Å². The summed E-state index contributed by atoms with van der Waals surface area (Å²) < 4.78 is 0. The van der Waals surface area contributed by atoms with Gasteiger partial charge in [-0.2, -0.15) is 0 Å². The number of hydrogen-bond donors (Lipinski definition) is 2. The van der Waals surface area contributed by atoms with E-state index in [-0.39, 0.29) is 36.1 Å². The van der Waals surface area contributed by atoms with E-state index in [2.05, 4.69) is 10.6 Å². The summed E-state index contributed by atoms with van der Waals surface area (Å²) in [5.41, 5.74) is 1.06. The zero-order chi connectivity index (χ0) is 18.9. The van der Waals surface area contributed by atoms with Crippen molar-refractivity contribution in [1.29, 1.82) is 0 Å². The van der Waals surface area contributed by atoms with Gasteiger partial charge < -0.3 is 15.5 Å². The summed E-state index contributed by atoms with van der Waals surface area (Å²) >= 11 is 5.54. The Labute approximate surface area is 159 Å². The van der Waals surface area contributed by atoms with Gasteiger partial charge in [-0.15, -0.1) is 11.6 Å². The van der Waals surface area contributed by atoms with Crippen LogP contribution < -0.4 is 10.6 Å². The first kappa shape index (κ1) is 20.2. The lowest BCUT2D eigenvalue weighted by Gasteiger charge is -2.25. The minimum Gasteiger partial charge on any atom is -0.354 e. The van der Waals surface area contributed by atoms with Crippen LogP contribution in [0.15, 0.2) is 30.3 Å². The van der Waals surface area contributed by atoms with Crippen molar-refractivity contribution in [2.45, 2.75) is 32.2 Å². The van der Waals surface area contributed by atoms with Crippen LogP contribution in [0.5, 0.6) is 0 Å². The van der Waals surface area contributed by atoms with Crippen LogP contribution in [0.4, 0.5) is 0 Å². The van der Waals surface area contributed by atoms with E-state index in [1.807, 2.05) is 37.3 Å². The Bertz CT molecular complexity index is 624. The first-order chi connectivity index (χ1) is 12.5. The van der Waals surface area contributed by atoms with Crippen LogP contribution in [-0.2, 0) is 14.4 Å². The topological polar surface area (TPSA) is 78.5 Å². The smallest absolute Gasteiger partial charge is 0.225 e. The number of nitrogens with one attached hydrogen (secondary N) is 2. The van der Waals surface area contributed by atoms with E-state index in [4.69, 9.17) is 11.6 Å². The molecule has 6 nitrogen and oxygen atoms in total. The second-order valence-electron chi connectivity index (χ2n) is 6.47. The average molecular weight is 380 g/mol. The van der Waals surface area contributed by atoms with Gasteiger partial charge in [-0.05, 0) is 18.9 Å². The van der Waals surface area contributed by atoms with Crippen LogP contribution in [0.2, 0.25) is 0 Å². The molecule has 1 aliphatic heterocycles. The Morgan fingerprint density at radius 3 is 2.62 bits per heavy atom. The van der Waals surface area contributed by atoms with Crippen molar-refractivity contribution in [1.82, 2.24) is 15.5 Å². The summed E-state index contributed by atoms with van der Waals surface area (Å²) in [4.78, 5) is 37.8. The van der Waals surface area contributed by atoms with Gasteiger partial charge in [-0.3, -0.25) is 14.4 Å². The molecule has 2 N–H and O–H groups in total. The molecule has 0 aromatic heterocycles. The molecule has 3 amide bonds. The maximum atomic E-state index is 12.3. The zero-order valence-electron chi connectivity index (χ0n) is 15.0. The van der Waals surface area contributed by atoms with E-state index >= 15 is 0 Å². The highest BCUT2D eigenvalue weighted by atomic mass is 35.5. The van der Waals surface area contributed by atoms with Gasteiger partial charge >= 0.3 is 0 Å². The monoisotopic (exact) mass is 379 g/mol. The molecule has 0 spiro atoms. The van der Waals surface area contributed by atoms with Gasteiger partial charge in [0.1, 0.15) is 0 Å². The first-order valence-corrected chi connectivity index (χ1v) is 9.51. The molecule has 26 heavy (non-hydrogen) atoms. The standard InChI is InChI=1S/C19H26ClN3O3/c1-14(15-6-3-2-4-7-15)23-13-16(12-18(23)25)19(26)22-11-10-21-17(24)8-5-9-20/h2-4,6-7,14,16H,5,8-13H2,1H3,(H,21,24)(H,22,26). The fourth-order valence-corrected chi connectivity index (χ4v) is 3.17. The van der Waals surface area contributed by atoms with Crippen molar-refractivity contribution >= 4 is 29.3 Å². The van der Waals surface area contributed by atoms with Gasteiger partial charge in [0.2, 0.25) is 17.7 Å². The van der Waals surface area contributed by atoms with Gasteiger partial charge in [0.05, 0.1) is 12.0 Å². The minimum absolute atomic E-state index is 0.00381. The third-order valence-corrected chi connectivity index (χ3v) is 4.83. The molecule has 1 saturated heterocycles. The Balaban J connectivity index is 1.75. The first-order valence-electron chi connectivity index (χ1n) is 8.97. The third-order valence-electron chi connectivity index (χ3n) is 4.56. The number of likely N-dealkylation sites (tertiary alicyclic amines) is 1. The normalized spacial score (nSPS) is 17.8. The molecule has 0 aliphatic carbocycles. The molecule has 1 heterocycles. The summed E-state index contributed by atoms with van der Waals surface area (Å²) in [7, 11) is 0. The molecule has 0 bridgehead atoms. The van der Waals surface area contributed by atoms with Crippen LogP contribution in [0, 0.1) is 5.92 Å². The molecule has 1 aromatic rings. The van der Waals surface area contributed by atoms with Crippen LogP contribution in [-0.4, -0.2) is 48.1 Å². The SMILES string of the molecule is CC(c1ccccc1)N1CC(C(=O)NCCNC(=O)CCCCl)CC1=O. The highest BCUT2D eigenvalue weighted by Gasteiger charge is 2.36. The predicted molar refractivity (Wildman–Crippen MR) is 101 cm³/mol. The molecule has 0 radical (unpaired) electrons. The second kappa shape index (κ2) is 10.2. The molecular weight excluding hydrogens is 354 g/mol. The number of hydrogen-bond acceptors (Lipinski definition) is 3. The van der Waals surface area contributed by atoms with E-state index in [1.165, 1.54) is 0 Å². The fourth-order valence-electron chi connectivity index (χ4n) is 3.04. The molecule has 142 valence electrons. The van der Waals surface area contributed by atoms with Crippen molar-refractivity contribution in [3.8, 4) is 0 Å². The minimum atomic E-state index is -0.347. The number of benzene rings is 1. The van der Waals surface area contributed by atoms with Crippen molar-refractivity contribution < 1.29 is 14.4 Å². The quantitative estimate of drug-likeness (QED) is 0.507. The molecule has 1 fully saturated rings. The Morgan fingerprint density at radius 1 is 1.23 bits per heavy atom. The highest BCUT2D eigenvalue weighted by molar-refractivity contribution is 6.17. The molecule has 0 saturated carbocycles. The van der Waals surface area contributed by atoms with E-state index < -0.39 is 0 Å². The number of halogens is 1. The summed E-state index contributed by atoms with van der Waals surface area (Å²) in [6.07, 6.45) is 1.26.